The highest BCUT2D eigenvalue weighted by Crippen LogP contribution is 2.25. The van der Waals surface area contributed by atoms with Gasteiger partial charge in [-0.2, -0.15) is 5.10 Å². The molecule has 4 aromatic rings. The fourth-order valence-corrected chi connectivity index (χ4v) is 3.91. The minimum absolute atomic E-state index is 0.202. The normalized spacial score (nSPS) is 10.9. The molecule has 0 atom stereocenters. The molecule has 1 N–H and O–H groups in total. The predicted octanol–water partition coefficient (Wildman–Crippen LogP) is 4.91. The van der Waals surface area contributed by atoms with Crippen LogP contribution in [0.15, 0.2) is 53.1 Å². The Balaban J connectivity index is 1.49. The van der Waals surface area contributed by atoms with E-state index in [9.17, 15) is 4.79 Å². The Hall–Kier alpha value is -3.87. The molecule has 2 heterocycles. The van der Waals surface area contributed by atoms with Crippen LogP contribution in [0.3, 0.4) is 0 Å². The summed E-state index contributed by atoms with van der Waals surface area (Å²) in [6, 6.07) is 15.9. The number of ether oxygens (including phenoxy) is 1. The zero-order valence-corrected chi connectivity index (χ0v) is 19.6. The fourth-order valence-electron chi connectivity index (χ4n) is 3.91. The highest BCUT2D eigenvalue weighted by atomic mass is 16.5. The third-order valence-corrected chi connectivity index (χ3v) is 5.84. The van der Waals surface area contributed by atoms with Gasteiger partial charge in [-0.1, -0.05) is 41.6 Å². The van der Waals surface area contributed by atoms with E-state index in [-0.39, 0.29) is 18.2 Å². The number of hydrogen-bond acceptors (Lipinski definition) is 5. The molecular weight excluding hydrogens is 416 g/mol. The molecule has 0 bridgehead atoms. The van der Waals surface area contributed by atoms with E-state index in [0.717, 1.165) is 39.5 Å². The van der Waals surface area contributed by atoms with E-state index in [1.807, 2.05) is 80.9 Å². The molecule has 0 radical (unpaired) electrons. The second-order valence-corrected chi connectivity index (χ2v) is 8.15. The van der Waals surface area contributed by atoms with Crippen LogP contribution in [0.25, 0.3) is 5.69 Å². The lowest BCUT2D eigenvalue weighted by Crippen LogP contribution is -2.25. The Morgan fingerprint density at radius 2 is 1.67 bits per heavy atom. The molecule has 2 aromatic carbocycles. The van der Waals surface area contributed by atoms with Gasteiger partial charge < -0.3 is 14.6 Å². The average molecular weight is 445 g/mol. The average Bonchev–Trinajstić information content (AvgIpc) is 3.31. The van der Waals surface area contributed by atoms with Gasteiger partial charge in [0.1, 0.15) is 18.1 Å². The quantitative estimate of drug-likeness (QED) is 0.438. The van der Waals surface area contributed by atoms with Crippen molar-refractivity contribution >= 4 is 5.91 Å². The van der Waals surface area contributed by atoms with Crippen molar-refractivity contribution < 1.29 is 14.1 Å². The number of rotatable bonds is 7. The van der Waals surface area contributed by atoms with E-state index in [1.54, 1.807) is 6.92 Å². The molecule has 0 aliphatic carbocycles. The summed E-state index contributed by atoms with van der Waals surface area (Å²) in [6.07, 6.45) is 0. The van der Waals surface area contributed by atoms with Gasteiger partial charge in [-0.3, -0.25) is 4.79 Å². The Bertz CT molecular complexity index is 1270. The minimum Gasteiger partial charge on any atom is -0.488 e. The van der Waals surface area contributed by atoms with E-state index >= 15 is 0 Å². The second-order valence-electron chi connectivity index (χ2n) is 8.15. The fraction of sp³-hybridized carbons (Fsp3) is 0.269. The van der Waals surface area contributed by atoms with E-state index in [1.165, 1.54) is 0 Å². The first kappa shape index (κ1) is 22.3. The molecular formula is C26H28N4O3. The Labute approximate surface area is 193 Å². The molecule has 170 valence electrons. The van der Waals surface area contributed by atoms with Crippen LogP contribution in [0, 0.1) is 34.6 Å². The summed E-state index contributed by atoms with van der Waals surface area (Å²) in [5.74, 6) is 1.07. The second kappa shape index (κ2) is 9.32. The summed E-state index contributed by atoms with van der Waals surface area (Å²) < 4.78 is 13.3. The summed E-state index contributed by atoms with van der Waals surface area (Å²) in [7, 11) is 0. The molecule has 1 amide bonds. The van der Waals surface area contributed by atoms with Gasteiger partial charge in [0.25, 0.3) is 5.91 Å². The van der Waals surface area contributed by atoms with Crippen molar-refractivity contribution in [3.63, 3.8) is 0 Å². The van der Waals surface area contributed by atoms with E-state index < -0.39 is 0 Å². The third kappa shape index (κ3) is 4.53. The van der Waals surface area contributed by atoms with Crippen molar-refractivity contribution in [3.8, 4) is 11.4 Å². The molecule has 33 heavy (non-hydrogen) atoms. The smallest absolute Gasteiger partial charge is 0.274 e. The number of aromatic nitrogens is 3. The van der Waals surface area contributed by atoms with E-state index in [2.05, 4.69) is 15.6 Å². The number of amides is 1. The van der Waals surface area contributed by atoms with Crippen LogP contribution in [-0.4, -0.2) is 20.8 Å². The van der Waals surface area contributed by atoms with Crippen LogP contribution >= 0.6 is 0 Å². The molecule has 7 nitrogen and oxygen atoms in total. The Morgan fingerprint density at radius 1 is 0.970 bits per heavy atom. The summed E-state index contributed by atoms with van der Waals surface area (Å²) in [6.45, 7) is 10.3. The third-order valence-electron chi connectivity index (χ3n) is 5.84. The highest BCUT2D eigenvalue weighted by Gasteiger charge is 2.22. The summed E-state index contributed by atoms with van der Waals surface area (Å²) >= 11 is 0. The number of benzene rings is 2. The molecule has 0 unspecified atom stereocenters. The first-order valence-electron chi connectivity index (χ1n) is 10.9. The summed E-state index contributed by atoms with van der Waals surface area (Å²) in [4.78, 5) is 13.0. The van der Waals surface area contributed by atoms with E-state index in [4.69, 9.17) is 9.26 Å². The molecule has 0 saturated heterocycles. The molecule has 0 spiro atoms. The van der Waals surface area contributed by atoms with Gasteiger partial charge in [-0.05, 0) is 57.9 Å². The van der Waals surface area contributed by atoms with Crippen LogP contribution in [0.5, 0.6) is 5.75 Å². The van der Waals surface area contributed by atoms with Gasteiger partial charge in [0, 0.05) is 17.8 Å². The molecule has 0 fully saturated rings. The number of nitrogens with zero attached hydrogens (tertiary/aromatic N) is 3. The highest BCUT2D eigenvalue weighted by molar-refractivity contribution is 5.93. The maximum atomic E-state index is 13.0. The standard InChI is InChI=1S/C26H28N4O3/c1-16-10-9-11-17(2)25(16)32-15-23-20(5)33-29-24(23)26(31)27-14-22-18(3)28-30(19(22)4)21-12-7-6-8-13-21/h6-13H,14-15H2,1-5H3,(H,27,31). The van der Waals surface area contributed by atoms with Crippen LogP contribution in [0.1, 0.15) is 49.9 Å². The van der Waals surface area contributed by atoms with Crippen molar-refractivity contribution in [3.05, 3.63) is 93.6 Å². The van der Waals surface area contributed by atoms with E-state index in [0.29, 0.717) is 17.9 Å². The van der Waals surface area contributed by atoms with Gasteiger partial charge in [0.2, 0.25) is 0 Å². The molecule has 4 rings (SSSR count). The van der Waals surface area contributed by atoms with Crippen molar-refractivity contribution in [2.75, 3.05) is 0 Å². The molecule has 2 aromatic heterocycles. The SMILES string of the molecule is Cc1cccc(C)c1OCc1c(C(=O)NCc2c(C)nn(-c3ccccc3)c2C)noc1C. The monoisotopic (exact) mass is 444 g/mol. The number of para-hydroxylation sites is 2. The topological polar surface area (TPSA) is 82.2 Å². The minimum atomic E-state index is -0.307. The summed E-state index contributed by atoms with van der Waals surface area (Å²) in [5.41, 5.74) is 6.76. The Kier molecular flexibility index (Phi) is 6.31. The maximum absolute atomic E-state index is 13.0. The molecule has 0 aliphatic rings. The number of aryl methyl sites for hydroxylation is 4. The molecule has 0 saturated carbocycles. The predicted molar refractivity (Wildman–Crippen MR) is 126 cm³/mol. The summed E-state index contributed by atoms with van der Waals surface area (Å²) in [5, 5.41) is 11.6. The van der Waals surface area contributed by atoms with Gasteiger partial charge in [-0.25, -0.2) is 4.68 Å². The largest absolute Gasteiger partial charge is 0.488 e. The lowest BCUT2D eigenvalue weighted by atomic mass is 10.1. The van der Waals surface area contributed by atoms with Crippen LogP contribution in [0.4, 0.5) is 0 Å². The Morgan fingerprint density at radius 3 is 2.36 bits per heavy atom. The number of carbonyl (C=O) groups is 1. The number of carbonyl (C=O) groups excluding carboxylic acids is 1. The molecule has 0 aliphatic heterocycles. The van der Waals surface area contributed by atoms with Crippen molar-refractivity contribution in [1.82, 2.24) is 20.3 Å². The first-order valence-corrected chi connectivity index (χ1v) is 10.9. The van der Waals surface area contributed by atoms with Crippen molar-refractivity contribution in [2.45, 2.75) is 47.8 Å². The lowest BCUT2D eigenvalue weighted by molar-refractivity contribution is 0.0939. The van der Waals surface area contributed by atoms with Gasteiger partial charge in [0.15, 0.2) is 5.69 Å². The van der Waals surface area contributed by atoms with Crippen LogP contribution < -0.4 is 10.1 Å². The number of hydrogen-bond donors (Lipinski definition) is 1. The zero-order valence-electron chi connectivity index (χ0n) is 19.6. The van der Waals surface area contributed by atoms with Crippen molar-refractivity contribution in [1.29, 1.82) is 0 Å². The molecule has 7 heteroatoms. The van der Waals surface area contributed by atoms with Gasteiger partial charge in [-0.15, -0.1) is 0 Å². The van der Waals surface area contributed by atoms with Crippen molar-refractivity contribution in [2.24, 2.45) is 0 Å². The van der Waals surface area contributed by atoms with Crippen LogP contribution in [-0.2, 0) is 13.2 Å². The lowest BCUT2D eigenvalue weighted by Gasteiger charge is -2.12. The first-order chi connectivity index (χ1) is 15.9. The van der Waals surface area contributed by atoms with Crippen LogP contribution in [0.2, 0.25) is 0 Å². The maximum Gasteiger partial charge on any atom is 0.274 e. The van der Waals surface area contributed by atoms with Gasteiger partial charge in [0.05, 0.1) is 16.9 Å². The number of nitrogens with one attached hydrogen (secondary N) is 1. The van der Waals surface area contributed by atoms with Gasteiger partial charge >= 0.3 is 0 Å². The zero-order chi connectivity index (χ0) is 23.5.